The molecule has 0 bridgehead atoms. The predicted molar refractivity (Wildman–Crippen MR) is 91.0 cm³/mol. The van der Waals surface area contributed by atoms with Gasteiger partial charge in [-0.05, 0) is 36.1 Å². The summed E-state index contributed by atoms with van der Waals surface area (Å²) >= 11 is 0. The minimum absolute atomic E-state index is 0.00185. The first-order chi connectivity index (χ1) is 11.6. The van der Waals surface area contributed by atoms with Crippen LogP contribution in [0.5, 0.6) is 5.75 Å². The van der Waals surface area contributed by atoms with Gasteiger partial charge in [-0.25, -0.2) is 0 Å². The highest BCUT2D eigenvalue weighted by Gasteiger charge is 2.03. The second-order valence-corrected chi connectivity index (χ2v) is 5.41. The zero-order chi connectivity index (χ0) is 17.2. The highest BCUT2D eigenvalue weighted by atomic mass is 16.5. The maximum Gasteiger partial charge on any atom is 0.303 e. The Bertz CT molecular complexity index is 653. The van der Waals surface area contributed by atoms with Crippen LogP contribution in [0.4, 0.5) is 0 Å². The average molecular weight is 327 g/mol. The van der Waals surface area contributed by atoms with Gasteiger partial charge in [-0.15, -0.1) is 0 Å². The summed E-state index contributed by atoms with van der Waals surface area (Å²) in [6, 6.07) is 17.0. The summed E-state index contributed by atoms with van der Waals surface area (Å²) in [5.74, 6) is -0.277. The molecule has 0 radical (unpaired) electrons. The minimum atomic E-state index is -0.792. The van der Waals surface area contributed by atoms with Crippen molar-refractivity contribution in [3.8, 4) is 5.75 Å². The molecule has 2 aromatic carbocycles. The number of hydrogen-bond donors (Lipinski definition) is 2. The normalized spacial score (nSPS) is 10.2. The first kappa shape index (κ1) is 17.5. The molecule has 2 aromatic rings. The number of carboxylic acids is 1. The van der Waals surface area contributed by atoms with Crippen molar-refractivity contribution in [2.45, 2.75) is 19.3 Å². The van der Waals surface area contributed by atoms with E-state index in [1.807, 2.05) is 42.5 Å². The van der Waals surface area contributed by atoms with Crippen molar-refractivity contribution in [2.75, 3.05) is 13.2 Å². The van der Waals surface area contributed by atoms with Crippen LogP contribution in [0.3, 0.4) is 0 Å². The van der Waals surface area contributed by atoms with E-state index in [9.17, 15) is 9.59 Å². The number of carbonyl (C=O) groups excluding carboxylic acids is 1. The zero-order valence-electron chi connectivity index (χ0n) is 13.4. The van der Waals surface area contributed by atoms with Crippen molar-refractivity contribution in [3.05, 3.63) is 65.7 Å². The van der Waals surface area contributed by atoms with Gasteiger partial charge in [-0.1, -0.05) is 42.5 Å². The molecule has 0 fully saturated rings. The molecule has 5 nitrogen and oxygen atoms in total. The fraction of sp³-hybridized carbons (Fsp3) is 0.263. The van der Waals surface area contributed by atoms with E-state index in [2.05, 4.69) is 5.32 Å². The van der Waals surface area contributed by atoms with Gasteiger partial charge in [0.25, 0.3) is 5.91 Å². The van der Waals surface area contributed by atoms with E-state index in [0.29, 0.717) is 18.7 Å². The molecule has 0 spiro atoms. The molecule has 0 aliphatic heterocycles. The Morgan fingerprint density at radius 1 is 0.917 bits per heavy atom. The van der Waals surface area contributed by atoms with Crippen LogP contribution < -0.4 is 10.1 Å². The number of aryl methyl sites for hydroxylation is 1. The van der Waals surface area contributed by atoms with Crippen LogP contribution in [0, 0.1) is 0 Å². The number of carboxylic acid groups (broad SMARTS) is 1. The quantitative estimate of drug-likeness (QED) is 0.742. The molecule has 2 N–H and O–H groups in total. The van der Waals surface area contributed by atoms with Gasteiger partial charge < -0.3 is 15.2 Å². The number of rotatable bonds is 9. The highest BCUT2D eigenvalue weighted by Crippen LogP contribution is 2.08. The third-order valence-electron chi connectivity index (χ3n) is 3.50. The number of hydrogen-bond acceptors (Lipinski definition) is 3. The van der Waals surface area contributed by atoms with Crippen LogP contribution in [0.25, 0.3) is 0 Å². The number of aliphatic carboxylic acids is 1. The monoisotopic (exact) mass is 327 g/mol. The molecule has 24 heavy (non-hydrogen) atoms. The number of amides is 1. The molecule has 126 valence electrons. The maximum atomic E-state index is 11.7. The third kappa shape index (κ3) is 6.52. The summed E-state index contributed by atoms with van der Waals surface area (Å²) in [6.45, 7) is 0.531. The van der Waals surface area contributed by atoms with Gasteiger partial charge in [0, 0.05) is 13.0 Å². The fourth-order valence-corrected chi connectivity index (χ4v) is 2.19. The first-order valence-corrected chi connectivity index (χ1v) is 7.87. The molecule has 2 rings (SSSR count). The van der Waals surface area contributed by atoms with Crippen molar-refractivity contribution in [2.24, 2.45) is 0 Å². The Labute approximate surface area is 141 Å². The summed E-state index contributed by atoms with van der Waals surface area (Å²) in [4.78, 5) is 22.3. The second kappa shape index (κ2) is 9.35. The van der Waals surface area contributed by atoms with Crippen LogP contribution in [-0.4, -0.2) is 30.1 Å². The number of carbonyl (C=O) groups is 2. The topological polar surface area (TPSA) is 75.6 Å². The summed E-state index contributed by atoms with van der Waals surface area (Å²) in [7, 11) is 0. The van der Waals surface area contributed by atoms with Gasteiger partial charge in [-0.3, -0.25) is 9.59 Å². The van der Waals surface area contributed by atoms with Crippen LogP contribution >= 0.6 is 0 Å². The van der Waals surface area contributed by atoms with E-state index in [0.717, 1.165) is 17.5 Å². The first-order valence-electron chi connectivity index (χ1n) is 7.87. The van der Waals surface area contributed by atoms with Gasteiger partial charge in [0.2, 0.25) is 0 Å². The highest BCUT2D eigenvalue weighted by molar-refractivity contribution is 5.77. The van der Waals surface area contributed by atoms with Crippen molar-refractivity contribution in [3.63, 3.8) is 0 Å². The zero-order valence-corrected chi connectivity index (χ0v) is 13.4. The van der Waals surface area contributed by atoms with E-state index in [1.54, 1.807) is 12.1 Å². The molecule has 0 saturated heterocycles. The standard InChI is InChI=1S/C19H21NO4/c21-18(14-24-17-4-2-1-3-5-17)20-13-12-16-8-6-15(7-9-16)10-11-19(22)23/h1-9H,10-14H2,(H,20,21)(H,22,23). The van der Waals surface area contributed by atoms with Gasteiger partial charge >= 0.3 is 5.97 Å². The lowest BCUT2D eigenvalue weighted by Crippen LogP contribution is -2.30. The summed E-state index contributed by atoms with van der Waals surface area (Å²) in [6.07, 6.45) is 1.39. The number of nitrogens with one attached hydrogen (secondary N) is 1. The van der Waals surface area contributed by atoms with E-state index < -0.39 is 5.97 Å². The van der Waals surface area contributed by atoms with Crippen molar-refractivity contribution in [1.82, 2.24) is 5.32 Å². The van der Waals surface area contributed by atoms with Crippen LogP contribution in [0.1, 0.15) is 17.5 Å². The van der Waals surface area contributed by atoms with E-state index >= 15 is 0 Å². The predicted octanol–water partition coefficient (Wildman–Crippen LogP) is 2.44. The van der Waals surface area contributed by atoms with Crippen LogP contribution in [0.15, 0.2) is 54.6 Å². The van der Waals surface area contributed by atoms with Crippen molar-refractivity contribution in [1.29, 1.82) is 0 Å². The average Bonchev–Trinajstić information content (AvgIpc) is 2.60. The minimum Gasteiger partial charge on any atom is -0.484 e. The Balaban J connectivity index is 1.66. The number of para-hydroxylation sites is 1. The van der Waals surface area contributed by atoms with E-state index in [1.165, 1.54) is 0 Å². The molecule has 1 amide bonds. The number of benzene rings is 2. The summed E-state index contributed by atoms with van der Waals surface area (Å²) in [5.41, 5.74) is 2.10. The Morgan fingerprint density at radius 2 is 1.54 bits per heavy atom. The van der Waals surface area contributed by atoms with Crippen molar-refractivity contribution >= 4 is 11.9 Å². The van der Waals surface area contributed by atoms with Crippen LogP contribution in [-0.2, 0) is 22.4 Å². The SMILES string of the molecule is O=C(O)CCc1ccc(CCNC(=O)COc2ccccc2)cc1. The second-order valence-electron chi connectivity index (χ2n) is 5.41. The number of ether oxygens (including phenoxy) is 1. The Kier molecular flexibility index (Phi) is 6.83. The van der Waals surface area contributed by atoms with Gasteiger partial charge in [-0.2, -0.15) is 0 Å². The molecule has 0 aromatic heterocycles. The third-order valence-corrected chi connectivity index (χ3v) is 3.50. The Hall–Kier alpha value is -2.82. The van der Waals surface area contributed by atoms with Crippen LogP contribution in [0.2, 0.25) is 0 Å². The lowest BCUT2D eigenvalue weighted by Gasteiger charge is -2.08. The van der Waals surface area contributed by atoms with Crippen molar-refractivity contribution < 1.29 is 19.4 Å². The lowest BCUT2D eigenvalue weighted by molar-refractivity contribution is -0.137. The molecule has 0 aliphatic carbocycles. The molecule has 5 heteroatoms. The lowest BCUT2D eigenvalue weighted by atomic mass is 10.1. The van der Waals surface area contributed by atoms with E-state index in [-0.39, 0.29) is 18.9 Å². The van der Waals surface area contributed by atoms with Gasteiger partial charge in [0.05, 0.1) is 0 Å². The molecular formula is C19H21NO4. The maximum absolute atomic E-state index is 11.7. The van der Waals surface area contributed by atoms with Gasteiger partial charge in [0.1, 0.15) is 5.75 Å². The molecule has 0 aliphatic rings. The molecular weight excluding hydrogens is 306 g/mol. The molecule has 0 atom stereocenters. The summed E-state index contributed by atoms with van der Waals surface area (Å²) in [5, 5.41) is 11.5. The van der Waals surface area contributed by atoms with E-state index in [4.69, 9.17) is 9.84 Å². The van der Waals surface area contributed by atoms with Gasteiger partial charge in [0.15, 0.2) is 6.61 Å². The summed E-state index contributed by atoms with van der Waals surface area (Å²) < 4.78 is 5.37. The smallest absolute Gasteiger partial charge is 0.303 e. The fourth-order valence-electron chi connectivity index (χ4n) is 2.19. The largest absolute Gasteiger partial charge is 0.484 e. The Morgan fingerprint density at radius 3 is 2.17 bits per heavy atom. The molecule has 0 heterocycles. The molecule has 0 saturated carbocycles. The molecule has 0 unspecified atom stereocenters.